The number of aromatic carboxylic acids is 1. The van der Waals surface area contributed by atoms with Crippen LogP contribution in [-0.2, 0) is 0 Å². The van der Waals surface area contributed by atoms with Gasteiger partial charge < -0.3 is 10.8 Å². The van der Waals surface area contributed by atoms with E-state index in [1.807, 2.05) is 0 Å². The number of nitrogens with zero attached hydrogens (tertiary/aromatic N) is 2. The number of aromatic nitrogens is 2. The van der Waals surface area contributed by atoms with Crippen molar-refractivity contribution in [3.05, 3.63) is 40.7 Å². The number of halogens is 3. The van der Waals surface area contributed by atoms with Gasteiger partial charge >= 0.3 is 5.97 Å². The smallest absolute Gasteiger partial charge is 0.339 e. The Balaban J connectivity index is 2.57. The predicted octanol–water partition coefficient (Wildman–Crippen LogP) is 2.74. The number of anilines is 1. The second kappa shape index (κ2) is 4.85. The molecule has 0 saturated carbocycles. The zero-order valence-corrected chi connectivity index (χ0v) is 10.1. The maximum absolute atomic E-state index is 12.7. The molecule has 2 aromatic rings. The Morgan fingerprint density at radius 3 is 2.63 bits per heavy atom. The molecule has 3 N–H and O–H groups in total. The molecule has 0 atom stereocenters. The SMILES string of the molecule is Nc1cc(Cl)ccc1-n1cc(C(=O)O)c(C(F)F)n1. The summed E-state index contributed by atoms with van der Waals surface area (Å²) in [6.07, 6.45) is -2.00. The van der Waals surface area contributed by atoms with E-state index in [2.05, 4.69) is 5.10 Å². The number of nitrogens with two attached hydrogens (primary N) is 1. The number of hydrogen-bond acceptors (Lipinski definition) is 3. The molecule has 8 heteroatoms. The standard InChI is InChI=1S/C11H8ClF2N3O2/c12-5-1-2-8(7(15)3-5)17-4-6(11(18)19)9(16-17)10(13)14/h1-4,10H,15H2,(H,18,19). The summed E-state index contributed by atoms with van der Waals surface area (Å²) in [4.78, 5) is 10.9. The molecular weight excluding hydrogens is 280 g/mol. The van der Waals surface area contributed by atoms with Crippen LogP contribution in [0.5, 0.6) is 0 Å². The maximum atomic E-state index is 12.7. The monoisotopic (exact) mass is 287 g/mol. The third-order valence-corrected chi connectivity index (χ3v) is 2.65. The van der Waals surface area contributed by atoms with E-state index in [1.165, 1.54) is 18.2 Å². The minimum Gasteiger partial charge on any atom is -0.478 e. The van der Waals surface area contributed by atoms with E-state index in [1.54, 1.807) is 0 Å². The van der Waals surface area contributed by atoms with Gasteiger partial charge in [-0.25, -0.2) is 18.3 Å². The highest BCUT2D eigenvalue weighted by atomic mass is 35.5. The van der Waals surface area contributed by atoms with Gasteiger partial charge in [-0.05, 0) is 18.2 Å². The number of carboxylic acid groups (broad SMARTS) is 1. The van der Waals surface area contributed by atoms with E-state index in [-0.39, 0.29) is 11.4 Å². The molecule has 0 aliphatic rings. The molecule has 0 aliphatic carbocycles. The highest BCUT2D eigenvalue weighted by molar-refractivity contribution is 6.30. The van der Waals surface area contributed by atoms with Crippen molar-refractivity contribution in [1.82, 2.24) is 9.78 Å². The maximum Gasteiger partial charge on any atom is 0.339 e. The molecule has 5 nitrogen and oxygen atoms in total. The van der Waals surface area contributed by atoms with Gasteiger partial charge in [-0.1, -0.05) is 11.6 Å². The largest absolute Gasteiger partial charge is 0.478 e. The van der Waals surface area contributed by atoms with Crippen molar-refractivity contribution in [3.63, 3.8) is 0 Å². The summed E-state index contributed by atoms with van der Waals surface area (Å²) in [6, 6.07) is 4.38. The molecule has 19 heavy (non-hydrogen) atoms. The lowest BCUT2D eigenvalue weighted by atomic mass is 10.2. The Morgan fingerprint density at radius 2 is 2.16 bits per heavy atom. The number of hydrogen-bond donors (Lipinski definition) is 2. The molecule has 0 aliphatic heterocycles. The molecule has 100 valence electrons. The summed E-state index contributed by atoms with van der Waals surface area (Å²) in [6.45, 7) is 0. The summed E-state index contributed by atoms with van der Waals surface area (Å²) in [5, 5.41) is 12.8. The summed E-state index contributed by atoms with van der Waals surface area (Å²) in [7, 11) is 0. The highest BCUT2D eigenvalue weighted by Gasteiger charge is 2.23. The first-order valence-corrected chi connectivity index (χ1v) is 5.44. The van der Waals surface area contributed by atoms with Gasteiger partial charge in [-0.2, -0.15) is 5.10 Å². The molecule has 0 fully saturated rings. The van der Waals surface area contributed by atoms with E-state index in [0.29, 0.717) is 5.02 Å². The quantitative estimate of drug-likeness (QED) is 0.851. The molecule has 0 bridgehead atoms. The Kier molecular flexibility index (Phi) is 3.39. The predicted molar refractivity (Wildman–Crippen MR) is 64.9 cm³/mol. The van der Waals surface area contributed by atoms with E-state index in [4.69, 9.17) is 22.4 Å². The molecule has 1 aromatic carbocycles. The second-order valence-corrected chi connectivity index (χ2v) is 4.12. The summed E-state index contributed by atoms with van der Waals surface area (Å²) in [5.74, 6) is -1.48. The summed E-state index contributed by atoms with van der Waals surface area (Å²) >= 11 is 5.72. The highest BCUT2D eigenvalue weighted by Crippen LogP contribution is 2.26. The molecule has 2 rings (SSSR count). The average molecular weight is 288 g/mol. The van der Waals surface area contributed by atoms with Crippen LogP contribution in [0.4, 0.5) is 14.5 Å². The Hall–Kier alpha value is -2.15. The van der Waals surface area contributed by atoms with Gasteiger partial charge in [0.2, 0.25) is 0 Å². The number of carboxylic acids is 1. The van der Waals surface area contributed by atoms with Gasteiger partial charge in [0.1, 0.15) is 11.3 Å². The number of carbonyl (C=O) groups is 1. The number of nitrogen functional groups attached to an aromatic ring is 1. The van der Waals surface area contributed by atoms with Gasteiger partial charge in [-0.15, -0.1) is 0 Å². The van der Waals surface area contributed by atoms with Crippen molar-refractivity contribution in [3.8, 4) is 5.69 Å². The molecule has 1 aromatic heterocycles. The lowest BCUT2D eigenvalue weighted by Crippen LogP contribution is -2.01. The van der Waals surface area contributed by atoms with Gasteiger partial charge in [0.15, 0.2) is 0 Å². The normalized spacial score (nSPS) is 10.9. The second-order valence-electron chi connectivity index (χ2n) is 3.68. The van der Waals surface area contributed by atoms with Crippen LogP contribution in [0, 0.1) is 0 Å². The first-order chi connectivity index (χ1) is 8.90. The zero-order chi connectivity index (χ0) is 14.2. The van der Waals surface area contributed by atoms with Crippen molar-refractivity contribution < 1.29 is 18.7 Å². The van der Waals surface area contributed by atoms with Crippen LogP contribution < -0.4 is 5.73 Å². The minimum absolute atomic E-state index is 0.202. The zero-order valence-electron chi connectivity index (χ0n) is 9.35. The Bertz CT molecular complexity index is 643. The van der Waals surface area contributed by atoms with E-state index >= 15 is 0 Å². The van der Waals surface area contributed by atoms with Crippen LogP contribution in [0.15, 0.2) is 24.4 Å². The fourth-order valence-electron chi connectivity index (χ4n) is 1.57. The van der Waals surface area contributed by atoms with Gasteiger partial charge in [0, 0.05) is 11.2 Å². The fourth-order valence-corrected chi connectivity index (χ4v) is 1.75. The summed E-state index contributed by atoms with van der Waals surface area (Å²) < 4.78 is 26.4. The first kappa shape index (κ1) is 13.3. The molecule has 0 spiro atoms. The number of alkyl halides is 2. The minimum atomic E-state index is -2.99. The molecule has 0 saturated heterocycles. The third-order valence-electron chi connectivity index (χ3n) is 2.42. The van der Waals surface area contributed by atoms with Crippen LogP contribution >= 0.6 is 11.6 Å². The Labute approximate surface area is 111 Å². The van der Waals surface area contributed by atoms with E-state index < -0.39 is 23.7 Å². The van der Waals surface area contributed by atoms with Gasteiger partial charge in [-0.3, -0.25) is 0 Å². The molecule has 0 amide bonds. The van der Waals surface area contributed by atoms with Crippen molar-refractivity contribution in [2.24, 2.45) is 0 Å². The summed E-state index contributed by atoms with van der Waals surface area (Å²) in [5.41, 5.74) is 4.79. The molecule has 0 unspecified atom stereocenters. The van der Waals surface area contributed by atoms with Crippen molar-refractivity contribution in [1.29, 1.82) is 0 Å². The molecule has 0 radical (unpaired) electrons. The van der Waals surface area contributed by atoms with Crippen molar-refractivity contribution in [2.45, 2.75) is 6.43 Å². The van der Waals surface area contributed by atoms with Crippen molar-refractivity contribution in [2.75, 3.05) is 5.73 Å². The first-order valence-electron chi connectivity index (χ1n) is 5.06. The molecule has 1 heterocycles. The molecular formula is C11H8ClF2N3O2. The van der Waals surface area contributed by atoms with Crippen molar-refractivity contribution >= 4 is 23.3 Å². The average Bonchev–Trinajstić information content (AvgIpc) is 2.73. The lowest BCUT2D eigenvalue weighted by molar-refractivity contribution is 0.0684. The van der Waals surface area contributed by atoms with Crippen LogP contribution in [0.1, 0.15) is 22.5 Å². The van der Waals surface area contributed by atoms with Crippen LogP contribution in [-0.4, -0.2) is 20.9 Å². The van der Waals surface area contributed by atoms with Crippen LogP contribution in [0.2, 0.25) is 5.02 Å². The van der Waals surface area contributed by atoms with E-state index in [9.17, 15) is 13.6 Å². The van der Waals surface area contributed by atoms with Gasteiger partial charge in [0.05, 0.1) is 11.4 Å². The third kappa shape index (κ3) is 2.50. The van der Waals surface area contributed by atoms with Gasteiger partial charge in [0.25, 0.3) is 6.43 Å². The topological polar surface area (TPSA) is 81.1 Å². The fraction of sp³-hybridized carbons (Fsp3) is 0.0909. The lowest BCUT2D eigenvalue weighted by Gasteiger charge is -2.05. The van der Waals surface area contributed by atoms with Crippen LogP contribution in [0.25, 0.3) is 5.69 Å². The number of benzene rings is 1. The number of rotatable bonds is 3. The van der Waals surface area contributed by atoms with E-state index in [0.717, 1.165) is 10.9 Å². The van der Waals surface area contributed by atoms with Crippen LogP contribution in [0.3, 0.4) is 0 Å². The Morgan fingerprint density at radius 1 is 1.47 bits per heavy atom.